The lowest BCUT2D eigenvalue weighted by molar-refractivity contribution is -0.122. The molecular formula is C15H21N3O3. The number of amides is 1. The lowest BCUT2D eigenvalue weighted by atomic mass is 9.96. The van der Waals surface area contributed by atoms with Crippen molar-refractivity contribution in [1.82, 2.24) is 0 Å². The van der Waals surface area contributed by atoms with E-state index in [9.17, 15) is 9.59 Å². The summed E-state index contributed by atoms with van der Waals surface area (Å²) in [6.07, 6.45) is 1.65. The van der Waals surface area contributed by atoms with Gasteiger partial charge >= 0.3 is 5.97 Å². The van der Waals surface area contributed by atoms with E-state index >= 15 is 0 Å². The Morgan fingerprint density at radius 2 is 2.19 bits per heavy atom. The van der Waals surface area contributed by atoms with Crippen molar-refractivity contribution in [1.29, 1.82) is 0 Å². The van der Waals surface area contributed by atoms with Gasteiger partial charge in [0.15, 0.2) is 0 Å². The molecule has 4 N–H and O–H groups in total. The molecular weight excluding hydrogens is 270 g/mol. The smallest absolute Gasteiger partial charge is 0.340 e. The summed E-state index contributed by atoms with van der Waals surface area (Å²) >= 11 is 0. The Labute approximate surface area is 124 Å². The summed E-state index contributed by atoms with van der Waals surface area (Å²) in [5.74, 6) is -0.889. The van der Waals surface area contributed by atoms with Crippen LogP contribution in [0.1, 0.15) is 30.1 Å². The van der Waals surface area contributed by atoms with Crippen LogP contribution in [0.25, 0.3) is 0 Å². The second kappa shape index (κ2) is 6.47. The molecule has 1 aromatic carbocycles. The van der Waals surface area contributed by atoms with Crippen molar-refractivity contribution in [2.75, 3.05) is 30.3 Å². The number of carbonyl (C=O) groups excluding carboxylic acids is 2. The fourth-order valence-corrected chi connectivity index (χ4v) is 2.63. The molecule has 0 spiro atoms. The molecule has 0 radical (unpaired) electrons. The van der Waals surface area contributed by atoms with Gasteiger partial charge in [0.1, 0.15) is 0 Å². The number of benzene rings is 1. The maximum Gasteiger partial charge on any atom is 0.340 e. The largest absolute Gasteiger partial charge is 0.462 e. The second-order valence-corrected chi connectivity index (χ2v) is 5.18. The van der Waals surface area contributed by atoms with Crippen LogP contribution in [-0.2, 0) is 9.53 Å². The summed E-state index contributed by atoms with van der Waals surface area (Å²) in [4.78, 5) is 25.5. The number of esters is 1. The minimum atomic E-state index is -0.402. The lowest BCUT2D eigenvalue weighted by Gasteiger charge is -2.34. The first-order valence-corrected chi connectivity index (χ1v) is 7.13. The molecule has 2 rings (SSSR count). The van der Waals surface area contributed by atoms with Crippen LogP contribution in [0.5, 0.6) is 0 Å². The number of hydrogen-bond donors (Lipinski definition) is 2. The van der Waals surface area contributed by atoms with Crippen molar-refractivity contribution in [3.63, 3.8) is 0 Å². The maximum absolute atomic E-state index is 12.1. The molecule has 1 fully saturated rings. The van der Waals surface area contributed by atoms with E-state index in [0.717, 1.165) is 25.1 Å². The summed E-state index contributed by atoms with van der Waals surface area (Å²) < 4.78 is 5.08. The average Bonchev–Trinajstić information content (AvgIpc) is 2.47. The highest BCUT2D eigenvalue weighted by atomic mass is 16.5. The van der Waals surface area contributed by atoms with Crippen molar-refractivity contribution in [3.8, 4) is 0 Å². The normalized spacial score (nSPS) is 18.3. The number of nitrogens with two attached hydrogens (primary N) is 2. The number of piperidine rings is 1. The van der Waals surface area contributed by atoms with E-state index in [1.165, 1.54) is 0 Å². The van der Waals surface area contributed by atoms with Crippen LogP contribution in [0.3, 0.4) is 0 Å². The van der Waals surface area contributed by atoms with Crippen molar-refractivity contribution < 1.29 is 14.3 Å². The predicted molar refractivity (Wildman–Crippen MR) is 80.9 cm³/mol. The SMILES string of the molecule is CCOC(=O)c1cc(N)ccc1N1CCCC(C(N)=O)C1. The molecule has 1 amide bonds. The summed E-state index contributed by atoms with van der Waals surface area (Å²) in [5.41, 5.74) is 12.8. The van der Waals surface area contributed by atoms with E-state index in [4.69, 9.17) is 16.2 Å². The number of primary amides is 1. The minimum absolute atomic E-state index is 0.189. The van der Waals surface area contributed by atoms with E-state index in [2.05, 4.69) is 0 Å². The zero-order valence-corrected chi connectivity index (χ0v) is 12.2. The third kappa shape index (κ3) is 3.45. The van der Waals surface area contributed by atoms with E-state index in [0.29, 0.717) is 24.4 Å². The van der Waals surface area contributed by atoms with Crippen molar-refractivity contribution in [3.05, 3.63) is 23.8 Å². The maximum atomic E-state index is 12.1. The Kier molecular flexibility index (Phi) is 4.67. The summed E-state index contributed by atoms with van der Waals surface area (Å²) in [5, 5.41) is 0. The molecule has 1 unspecified atom stereocenters. The molecule has 1 aliphatic heterocycles. The average molecular weight is 291 g/mol. The zero-order valence-electron chi connectivity index (χ0n) is 12.2. The zero-order chi connectivity index (χ0) is 15.4. The van der Waals surface area contributed by atoms with Crippen LogP contribution in [0.4, 0.5) is 11.4 Å². The predicted octanol–water partition coefficient (Wildman–Crippen LogP) is 1.15. The third-order valence-electron chi connectivity index (χ3n) is 3.68. The molecule has 0 bridgehead atoms. The van der Waals surface area contributed by atoms with E-state index in [-0.39, 0.29) is 11.8 Å². The summed E-state index contributed by atoms with van der Waals surface area (Å²) in [6, 6.07) is 5.15. The Hall–Kier alpha value is -2.24. The number of carbonyl (C=O) groups is 2. The lowest BCUT2D eigenvalue weighted by Crippen LogP contribution is -2.41. The van der Waals surface area contributed by atoms with Crippen LogP contribution in [0.2, 0.25) is 0 Å². The first-order valence-electron chi connectivity index (χ1n) is 7.13. The third-order valence-corrected chi connectivity index (χ3v) is 3.68. The molecule has 0 aliphatic carbocycles. The standard InChI is InChI=1S/C15H21N3O3/c1-2-21-15(20)12-8-11(16)5-6-13(12)18-7-3-4-10(9-18)14(17)19/h5-6,8,10H,2-4,7,9,16H2,1H3,(H2,17,19). The van der Waals surface area contributed by atoms with Crippen LogP contribution >= 0.6 is 0 Å². The van der Waals surface area contributed by atoms with Gasteiger partial charge < -0.3 is 21.1 Å². The van der Waals surface area contributed by atoms with Gasteiger partial charge in [-0.1, -0.05) is 0 Å². The highest BCUT2D eigenvalue weighted by Gasteiger charge is 2.27. The Bertz CT molecular complexity index is 545. The summed E-state index contributed by atoms with van der Waals surface area (Å²) in [7, 11) is 0. The first-order chi connectivity index (χ1) is 10.0. The fraction of sp³-hybridized carbons (Fsp3) is 0.467. The van der Waals surface area contributed by atoms with Gasteiger partial charge in [0, 0.05) is 18.8 Å². The molecule has 1 aromatic rings. The Morgan fingerprint density at radius 3 is 2.86 bits per heavy atom. The van der Waals surface area contributed by atoms with Gasteiger partial charge in [0.2, 0.25) is 5.91 Å². The van der Waals surface area contributed by atoms with E-state index in [1.807, 2.05) is 4.90 Å². The molecule has 1 heterocycles. The number of nitrogen functional groups attached to an aromatic ring is 1. The molecule has 21 heavy (non-hydrogen) atoms. The van der Waals surface area contributed by atoms with Gasteiger partial charge in [0.05, 0.1) is 23.8 Å². The highest BCUT2D eigenvalue weighted by molar-refractivity contribution is 5.97. The van der Waals surface area contributed by atoms with Gasteiger partial charge in [-0.2, -0.15) is 0 Å². The molecule has 1 atom stereocenters. The van der Waals surface area contributed by atoms with Crippen LogP contribution in [0.15, 0.2) is 18.2 Å². The Balaban J connectivity index is 2.30. The Morgan fingerprint density at radius 1 is 1.43 bits per heavy atom. The van der Waals surface area contributed by atoms with Gasteiger partial charge in [-0.05, 0) is 38.0 Å². The van der Waals surface area contributed by atoms with E-state index < -0.39 is 5.97 Å². The quantitative estimate of drug-likeness (QED) is 0.640. The number of rotatable bonds is 4. The van der Waals surface area contributed by atoms with Gasteiger partial charge in [-0.3, -0.25) is 4.79 Å². The van der Waals surface area contributed by atoms with Gasteiger partial charge in [-0.25, -0.2) is 4.79 Å². The van der Waals surface area contributed by atoms with Gasteiger partial charge in [0.25, 0.3) is 0 Å². The van der Waals surface area contributed by atoms with Crippen molar-refractivity contribution in [2.24, 2.45) is 11.7 Å². The van der Waals surface area contributed by atoms with Gasteiger partial charge in [-0.15, -0.1) is 0 Å². The highest BCUT2D eigenvalue weighted by Crippen LogP contribution is 2.28. The first kappa shape index (κ1) is 15.2. The van der Waals surface area contributed by atoms with E-state index in [1.54, 1.807) is 25.1 Å². The minimum Gasteiger partial charge on any atom is -0.462 e. The molecule has 1 saturated heterocycles. The summed E-state index contributed by atoms with van der Waals surface area (Å²) in [6.45, 7) is 3.36. The molecule has 0 saturated carbocycles. The fourth-order valence-electron chi connectivity index (χ4n) is 2.63. The number of hydrogen-bond acceptors (Lipinski definition) is 5. The molecule has 114 valence electrons. The number of anilines is 2. The second-order valence-electron chi connectivity index (χ2n) is 5.18. The molecule has 6 nitrogen and oxygen atoms in total. The molecule has 6 heteroatoms. The monoisotopic (exact) mass is 291 g/mol. The van der Waals surface area contributed by atoms with Crippen LogP contribution in [0, 0.1) is 5.92 Å². The van der Waals surface area contributed by atoms with Crippen molar-refractivity contribution >= 4 is 23.3 Å². The topological polar surface area (TPSA) is 98.7 Å². The van der Waals surface area contributed by atoms with Crippen LogP contribution < -0.4 is 16.4 Å². The number of nitrogens with zero attached hydrogens (tertiary/aromatic N) is 1. The van der Waals surface area contributed by atoms with Crippen LogP contribution in [-0.4, -0.2) is 31.6 Å². The molecule has 1 aliphatic rings. The number of ether oxygens (including phenoxy) is 1. The molecule has 0 aromatic heterocycles. The van der Waals surface area contributed by atoms with Crippen molar-refractivity contribution in [2.45, 2.75) is 19.8 Å².